The molecule has 0 radical (unpaired) electrons. The Labute approximate surface area is 142 Å². The van der Waals surface area contributed by atoms with Crippen molar-refractivity contribution >= 4 is 29.3 Å². The summed E-state index contributed by atoms with van der Waals surface area (Å²) >= 11 is 6.09. The van der Waals surface area contributed by atoms with Gasteiger partial charge in [0.15, 0.2) is 0 Å². The Balaban J connectivity index is 2.39. The number of benzene rings is 2. The zero-order chi connectivity index (χ0) is 17.7. The van der Waals surface area contributed by atoms with E-state index in [-0.39, 0.29) is 6.54 Å². The second kappa shape index (κ2) is 7.49. The predicted molar refractivity (Wildman–Crippen MR) is 88.6 cm³/mol. The van der Waals surface area contributed by atoms with Crippen LogP contribution in [0.5, 0.6) is 0 Å². The third-order valence-electron chi connectivity index (χ3n) is 3.26. The van der Waals surface area contributed by atoms with Gasteiger partial charge < -0.3 is 0 Å². The van der Waals surface area contributed by atoms with Crippen molar-refractivity contribution in [2.75, 3.05) is 5.01 Å². The summed E-state index contributed by atoms with van der Waals surface area (Å²) in [6, 6.07) is 13.0. The average Bonchev–Trinajstić information content (AvgIpc) is 2.54. The van der Waals surface area contributed by atoms with Crippen LogP contribution in [0, 0.1) is 0 Å². The number of carbonyl (C=O) groups is 1. The molecule has 0 aliphatic heterocycles. The van der Waals surface area contributed by atoms with Crippen LogP contribution in [0.25, 0.3) is 0 Å². The van der Waals surface area contributed by atoms with Crippen molar-refractivity contribution in [3.8, 4) is 0 Å². The summed E-state index contributed by atoms with van der Waals surface area (Å²) in [6.07, 6.45) is -3.83. The van der Waals surface area contributed by atoms with Crippen LogP contribution < -0.4 is 5.01 Å². The Morgan fingerprint density at radius 2 is 1.79 bits per heavy atom. The number of hydrogen-bond donors (Lipinski definition) is 0. The Morgan fingerprint density at radius 3 is 2.33 bits per heavy atom. The Bertz CT molecular complexity index is 742. The zero-order valence-electron chi connectivity index (χ0n) is 12.7. The number of halogens is 4. The van der Waals surface area contributed by atoms with E-state index in [1.54, 1.807) is 48.5 Å². The number of carbonyl (C=O) groups excluding carboxylic acids is 1. The highest BCUT2D eigenvalue weighted by Crippen LogP contribution is 2.28. The van der Waals surface area contributed by atoms with Crippen LogP contribution >= 0.6 is 11.6 Å². The van der Waals surface area contributed by atoms with Gasteiger partial charge in [-0.05, 0) is 24.6 Å². The van der Waals surface area contributed by atoms with Crippen LogP contribution in [0.15, 0.2) is 53.6 Å². The molecule has 0 aliphatic carbocycles. The average molecular weight is 355 g/mol. The largest absolute Gasteiger partial charge is 0.430 e. The quantitative estimate of drug-likeness (QED) is 0.425. The van der Waals surface area contributed by atoms with E-state index in [1.165, 1.54) is 5.01 Å². The fraction of sp³-hybridized carbons (Fsp3) is 0.176. The molecule has 2 rings (SSSR count). The van der Waals surface area contributed by atoms with Gasteiger partial charge in [0, 0.05) is 5.56 Å². The lowest BCUT2D eigenvalue weighted by atomic mass is 10.1. The van der Waals surface area contributed by atoms with Crippen LogP contribution in [-0.2, 0) is 6.54 Å². The lowest BCUT2D eigenvalue weighted by molar-refractivity contribution is -0.0594. The maximum atomic E-state index is 12.8. The zero-order valence-corrected chi connectivity index (χ0v) is 13.5. The topological polar surface area (TPSA) is 32.7 Å². The summed E-state index contributed by atoms with van der Waals surface area (Å²) in [5.41, 5.74) is 0.562. The molecule has 0 atom stereocenters. The molecule has 0 bridgehead atoms. The molecular weight excluding hydrogens is 341 g/mol. The van der Waals surface area contributed by atoms with Crippen molar-refractivity contribution in [2.24, 2.45) is 5.10 Å². The van der Waals surface area contributed by atoms with Crippen LogP contribution in [0.3, 0.4) is 0 Å². The maximum absolute atomic E-state index is 12.8. The minimum atomic E-state index is -4.53. The van der Waals surface area contributed by atoms with Crippen molar-refractivity contribution in [1.82, 2.24) is 0 Å². The molecule has 3 nitrogen and oxygen atoms in total. The molecule has 0 saturated carbocycles. The van der Waals surface area contributed by atoms with Gasteiger partial charge in [0.1, 0.15) is 12.0 Å². The highest BCUT2D eigenvalue weighted by molar-refractivity contribution is 6.33. The van der Waals surface area contributed by atoms with E-state index >= 15 is 0 Å². The van der Waals surface area contributed by atoms with E-state index in [9.17, 15) is 18.0 Å². The first kappa shape index (κ1) is 18.0. The van der Waals surface area contributed by atoms with Crippen LogP contribution in [0.2, 0.25) is 5.02 Å². The second-order valence-electron chi connectivity index (χ2n) is 5.05. The molecule has 2 aromatic rings. The highest BCUT2D eigenvalue weighted by atomic mass is 35.5. The van der Waals surface area contributed by atoms with Gasteiger partial charge in [-0.3, -0.25) is 9.80 Å². The Hall–Kier alpha value is -2.34. The number of hydrogen-bond acceptors (Lipinski definition) is 3. The number of hydrazone groups is 1. The first-order chi connectivity index (χ1) is 11.3. The van der Waals surface area contributed by atoms with Crippen molar-refractivity contribution in [3.05, 3.63) is 64.7 Å². The second-order valence-corrected chi connectivity index (χ2v) is 5.46. The van der Waals surface area contributed by atoms with E-state index in [0.29, 0.717) is 28.1 Å². The van der Waals surface area contributed by atoms with Gasteiger partial charge in [-0.1, -0.05) is 48.0 Å². The monoisotopic (exact) mass is 354 g/mol. The van der Waals surface area contributed by atoms with E-state index in [2.05, 4.69) is 5.10 Å². The van der Waals surface area contributed by atoms with E-state index in [0.717, 1.165) is 6.92 Å². The molecule has 0 fully saturated rings. The molecular formula is C17H14ClF3N2O. The molecule has 0 heterocycles. The van der Waals surface area contributed by atoms with Crippen molar-refractivity contribution in [2.45, 2.75) is 19.6 Å². The van der Waals surface area contributed by atoms with Crippen LogP contribution in [0.1, 0.15) is 22.8 Å². The van der Waals surface area contributed by atoms with Crippen molar-refractivity contribution < 1.29 is 18.0 Å². The first-order valence-electron chi connectivity index (χ1n) is 7.00. The molecule has 7 heteroatoms. The molecule has 0 aromatic heterocycles. The van der Waals surface area contributed by atoms with Crippen molar-refractivity contribution in [3.63, 3.8) is 0 Å². The minimum Gasteiger partial charge on any atom is -0.298 e. The normalized spacial score (nSPS) is 12.1. The van der Waals surface area contributed by atoms with E-state index in [4.69, 9.17) is 11.6 Å². The molecule has 0 unspecified atom stereocenters. The number of alkyl halides is 3. The standard InChI is InChI=1S/C17H14ClF3N2O/c1-12(17(19,20)21)22-23(16-5-3-2-4-15(16)18)10-13-6-8-14(11-24)9-7-13/h2-9,11H,10H2,1H3/b22-12+. The van der Waals surface area contributed by atoms with E-state index in [1.807, 2.05) is 0 Å². The van der Waals surface area contributed by atoms with Gasteiger partial charge >= 0.3 is 6.18 Å². The third kappa shape index (κ3) is 4.58. The molecule has 24 heavy (non-hydrogen) atoms. The van der Waals surface area contributed by atoms with Gasteiger partial charge in [0.05, 0.1) is 17.3 Å². The van der Waals surface area contributed by atoms with Crippen LogP contribution in [-0.4, -0.2) is 18.2 Å². The number of aldehydes is 1. The summed E-state index contributed by atoms with van der Waals surface area (Å²) in [5, 5.41) is 5.18. The third-order valence-corrected chi connectivity index (χ3v) is 3.58. The maximum Gasteiger partial charge on any atom is 0.430 e. The Kier molecular flexibility index (Phi) is 5.62. The van der Waals surface area contributed by atoms with Crippen molar-refractivity contribution in [1.29, 1.82) is 0 Å². The summed E-state index contributed by atoms with van der Waals surface area (Å²) < 4.78 is 38.5. The molecule has 0 saturated heterocycles. The molecule has 2 aromatic carbocycles. The number of para-hydroxylation sites is 1. The highest BCUT2D eigenvalue weighted by Gasteiger charge is 2.33. The Morgan fingerprint density at radius 1 is 1.17 bits per heavy atom. The summed E-state index contributed by atoms with van der Waals surface area (Å²) in [7, 11) is 0. The minimum absolute atomic E-state index is 0.0797. The fourth-order valence-corrected chi connectivity index (χ4v) is 2.18. The lowest BCUT2D eigenvalue weighted by Crippen LogP contribution is -2.26. The summed E-state index contributed by atoms with van der Waals surface area (Å²) in [5.74, 6) is 0. The lowest BCUT2D eigenvalue weighted by Gasteiger charge is -2.22. The molecule has 0 aliphatic rings. The first-order valence-corrected chi connectivity index (χ1v) is 7.37. The van der Waals surface area contributed by atoms with Gasteiger partial charge in [-0.25, -0.2) is 0 Å². The summed E-state index contributed by atoms with van der Waals surface area (Å²) in [4.78, 5) is 10.7. The predicted octanol–water partition coefficient (Wildman–Crippen LogP) is 5.10. The number of rotatable bonds is 5. The number of nitrogens with zero attached hydrogens (tertiary/aromatic N) is 2. The SMILES string of the molecule is C/C(=N\N(Cc1ccc(C=O)cc1)c1ccccc1Cl)C(F)(F)F. The molecule has 0 spiro atoms. The fourth-order valence-electron chi connectivity index (χ4n) is 1.95. The van der Waals surface area contributed by atoms with Gasteiger partial charge in [0.25, 0.3) is 0 Å². The molecule has 126 valence electrons. The molecule has 0 N–H and O–H groups in total. The summed E-state index contributed by atoms with van der Waals surface area (Å²) in [6.45, 7) is 0.982. The molecule has 0 amide bonds. The van der Waals surface area contributed by atoms with Crippen LogP contribution in [0.4, 0.5) is 18.9 Å². The van der Waals surface area contributed by atoms with E-state index < -0.39 is 11.9 Å². The van der Waals surface area contributed by atoms with Gasteiger partial charge in [-0.2, -0.15) is 18.3 Å². The smallest absolute Gasteiger partial charge is 0.298 e. The van der Waals surface area contributed by atoms with Gasteiger partial charge in [-0.15, -0.1) is 0 Å². The van der Waals surface area contributed by atoms with Gasteiger partial charge in [0.2, 0.25) is 0 Å². The number of anilines is 1.